The Morgan fingerprint density at radius 3 is 2.80 bits per heavy atom. The summed E-state index contributed by atoms with van der Waals surface area (Å²) in [6, 6.07) is 4.45. The van der Waals surface area contributed by atoms with Gasteiger partial charge in [-0.25, -0.2) is 9.18 Å². The van der Waals surface area contributed by atoms with Gasteiger partial charge in [0, 0.05) is 19.0 Å². The van der Waals surface area contributed by atoms with Crippen molar-refractivity contribution in [2.24, 2.45) is 5.92 Å². The molecule has 1 heterocycles. The van der Waals surface area contributed by atoms with Crippen LogP contribution in [0.1, 0.15) is 17.5 Å². The van der Waals surface area contributed by atoms with E-state index >= 15 is 0 Å². The van der Waals surface area contributed by atoms with Crippen LogP contribution in [0.15, 0.2) is 18.2 Å². The molecule has 0 aliphatic carbocycles. The summed E-state index contributed by atoms with van der Waals surface area (Å²) < 4.78 is 13.7. The number of likely N-dealkylation sites (tertiary alicyclic amines) is 1. The van der Waals surface area contributed by atoms with Crippen molar-refractivity contribution >= 4 is 6.09 Å². The van der Waals surface area contributed by atoms with Gasteiger partial charge in [-0.2, -0.15) is 0 Å². The van der Waals surface area contributed by atoms with Crippen LogP contribution in [0.3, 0.4) is 0 Å². The molecule has 1 amide bonds. The number of halogens is 1. The number of carbonyl (C=O) groups is 1. The average Bonchev–Trinajstić information content (AvgIpc) is 2.42. The fraction of sp³-hybridized carbons (Fsp3) is 0.500. The molecule has 2 unspecified atom stereocenters. The molecule has 1 fully saturated rings. The molecule has 5 nitrogen and oxygen atoms in total. The van der Waals surface area contributed by atoms with Crippen LogP contribution in [-0.2, 0) is 5.60 Å². The minimum Gasteiger partial charge on any atom is -0.465 e. The molecule has 6 heteroatoms. The number of aliphatic hydroxyl groups is 2. The Labute approximate surface area is 116 Å². The standard InChI is InChI=1S/C14H18FNO4/c1-9-2-3-10(6-12(9)15)14(20)4-5-16(13(18)19)7-11(14)8-17/h2-3,6,11,17,20H,4-5,7-8H2,1H3,(H,18,19). The zero-order chi connectivity index (χ0) is 14.9. The Morgan fingerprint density at radius 1 is 1.55 bits per heavy atom. The van der Waals surface area contributed by atoms with Gasteiger partial charge < -0.3 is 20.2 Å². The lowest BCUT2D eigenvalue weighted by molar-refractivity contribution is -0.0890. The summed E-state index contributed by atoms with van der Waals surface area (Å²) in [6.45, 7) is 1.44. The van der Waals surface area contributed by atoms with Gasteiger partial charge >= 0.3 is 6.09 Å². The van der Waals surface area contributed by atoms with Crippen LogP contribution in [0, 0.1) is 18.7 Å². The molecule has 3 N–H and O–H groups in total. The highest BCUT2D eigenvalue weighted by Crippen LogP contribution is 2.37. The van der Waals surface area contributed by atoms with Crippen molar-refractivity contribution in [3.8, 4) is 0 Å². The summed E-state index contributed by atoms with van der Waals surface area (Å²) in [5.41, 5.74) is -0.555. The lowest BCUT2D eigenvalue weighted by Crippen LogP contribution is -2.52. The van der Waals surface area contributed by atoms with Gasteiger partial charge in [0.05, 0.1) is 12.2 Å². The maximum atomic E-state index is 13.7. The van der Waals surface area contributed by atoms with Crippen LogP contribution < -0.4 is 0 Å². The molecule has 1 saturated heterocycles. The number of amides is 1. The maximum Gasteiger partial charge on any atom is 0.407 e. The van der Waals surface area contributed by atoms with Crippen molar-refractivity contribution in [1.29, 1.82) is 0 Å². The molecule has 0 aromatic heterocycles. The van der Waals surface area contributed by atoms with E-state index in [0.717, 1.165) is 4.90 Å². The molecule has 0 spiro atoms. The SMILES string of the molecule is Cc1ccc(C2(O)CCN(C(=O)O)CC2CO)cc1F. The summed E-state index contributed by atoms with van der Waals surface area (Å²) in [5.74, 6) is -1.09. The Kier molecular flexibility index (Phi) is 3.96. The predicted octanol–water partition coefficient (Wildman–Crippen LogP) is 1.31. The third-order valence-corrected chi connectivity index (χ3v) is 4.04. The molecule has 0 bridgehead atoms. The Balaban J connectivity index is 2.32. The molecule has 1 aliphatic rings. The highest BCUT2D eigenvalue weighted by Gasteiger charge is 2.43. The van der Waals surface area contributed by atoms with E-state index in [1.807, 2.05) is 0 Å². The van der Waals surface area contributed by atoms with Crippen LogP contribution in [0.25, 0.3) is 0 Å². The second-order valence-corrected chi connectivity index (χ2v) is 5.25. The van der Waals surface area contributed by atoms with Gasteiger partial charge in [0.1, 0.15) is 5.82 Å². The first-order chi connectivity index (χ1) is 9.38. The van der Waals surface area contributed by atoms with E-state index in [1.54, 1.807) is 19.1 Å². The van der Waals surface area contributed by atoms with Crippen molar-refractivity contribution < 1.29 is 24.5 Å². The van der Waals surface area contributed by atoms with Crippen LogP contribution in [0.4, 0.5) is 9.18 Å². The monoisotopic (exact) mass is 283 g/mol. The topological polar surface area (TPSA) is 81.0 Å². The van der Waals surface area contributed by atoms with Gasteiger partial charge in [0.2, 0.25) is 0 Å². The molecule has 1 aromatic carbocycles. The summed E-state index contributed by atoms with van der Waals surface area (Å²) >= 11 is 0. The Hall–Kier alpha value is -1.66. The number of nitrogens with zero attached hydrogens (tertiary/aromatic N) is 1. The fourth-order valence-electron chi connectivity index (χ4n) is 2.64. The van der Waals surface area contributed by atoms with E-state index in [0.29, 0.717) is 11.1 Å². The highest BCUT2D eigenvalue weighted by molar-refractivity contribution is 5.65. The zero-order valence-electron chi connectivity index (χ0n) is 11.2. The van der Waals surface area contributed by atoms with Gasteiger partial charge in [-0.3, -0.25) is 0 Å². The van der Waals surface area contributed by atoms with E-state index in [9.17, 15) is 19.4 Å². The quantitative estimate of drug-likeness (QED) is 0.764. The molecule has 1 aromatic rings. The number of piperidine rings is 1. The van der Waals surface area contributed by atoms with Crippen LogP contribution in [-0.4, -0.2) is 46.0 Å². The second-order valence-electron chi connectivity index (χ2n) is 5.25. The third kappa shape index (κ3) is 2.48. The van der Waals surface area contributed by atoms with Gasteiger partial charge in [0.15, 0.2) is 0 Å². The maximum absolute atomic E-state index is 13.7. The van der Waals surface area contributed by atoms with Crippen LogP contribution in [0.5, 0.6) is 0 Å². The highest BCUT2D eigenvalue weighted by atomic mass is 19.1. The van der Waals surface area contributed by atoms with Gasteiger partial charge in [-0.1, -0.05) is 12.1 Å². The third-order valence-electron chi connectivity index (χ3n) is 4.04. The van der Waals surface area contributed by atoms with E-state index in [-0.39, 0.29) is 26.1 Å². The molecular weight excluding hydrogens is 265 g/mol. The minimum absolute atomic E-state index is 0.0256. The molecule has 110 valence electrons. The van der Waals surface area contributed by atoms with Crippen molar-refractivity contribution in [3.05, 3.63) is 35.1 Å². The normalized spacial score (nSPS) is 26.6. The van der Waals surface area contributed by atoms with E-state index in [2.05, 4.69) is 0 Å². The minimum atomic E-state index is -1.41. The van der Waals surface area contributed by atoms with Gasteiger partial charge in [-0.05, 0) is 30.5 Å². The van der Waals surface area contributed by atoms with Crippen molar-refractivity contribution in [1.82, 2.24) is 4.90 Å². The number of hydrogen-bond donors (Lipinski definition) is 3. The van der Waals surface area contributed by atoms with Crippen molar-refractivity contribution in [2.75, 3.05) is 19.7 Å². The van der Waals surface area contributed by atoms with Crippen LogP contribution >= 0.6 is 0 Å². The first-order valence-electron chi connectivity index (χ1n) is 6.46. The number of hydrogen-bond acceptors (Lipinski definition) is 3. The Bertz CT molecular complexity index is 522. The van der Waals surface area contributed by atoms with Crippen LogP contribution in [0.2, 0.25) is 0 Å². The second kappa shape index (κ2) is 5.38. The number of aliphatic hydroxyl groups excluding tert-OH is 1. The molecule has 2 rings (SSSR count). The van der Waals surface area contributed by atoms with E-state index in [1.165, 1.54) is 6.07 Å². The molecular formula is C14H18FNO4. The average molecular weight is 283 g/mol. The summed E-state index contributed by atoms with van der Waals surface area (Å²) in [6.07, 6.45) is -0.951. The summed E-state index contributed by atoms with van der Waals surface area (Å²) in [5, 5.41) is 29.2. The molecule has 0 radical (unpaired) electrons. The molecule has 0 saturated carbocycles. The molecule has 20 heavy (non-hydrogen) atoms. The van der Waals surface area contributed by atoms with Gasteiger partial charge in [-0.15, -0.1) is 0 Å². The zero-order valence-corrected chi connectivity index (χ0v) is 11.2. The Morgan fingerprint density at radius 2 is 2.25 bits per heavy atom. The predicted molar refractivity (Wildman–Crippen MR) is 69.8 cm³/mol. The van der Waals surface area contributed by atoms with E-state index in [4.69, 9.17) is 5.11 Å². The number of benzene rings is 1. The first-order valence-corrected chi connectivity index (χ1v) is 6.46. The van der Waals surface area contributed by atoms with Crippen molar-refractivity contribution in [3.63, 3.8) is 0 Å². The lowest BCUT2D eigenvalue weighted by atomic mass is 9.76. The molecule has 1 aliphatic heterocycles. The van der Waals surface area contributed by atoms with Gasteiger partial charge in [0.25, 0.3) is 0 Å². The fourth-order valence-corrected chi connectivity index (χ4v) is 2.64. The summed E-state index contributed by atoms with van der Waals surface area (Å²) in [4.78, 5) is 12.1. The smallest absolute Gasteiger partial charge is 0.407 e. The lowest BCUT2D eigenvalue weighted by Gasteiger charge is -2.43. The first kappa shape index (κ1) is 14.7. The van der Waals surface area contributed by atoms with E-state index < -0.39 is 23.4 Å². The largest absolute Gasteiger partial charge is 0.465 e. The number of carboxylic acid groups (broad SMARTS) is 1. The van der Waals surface area contributed by atoms with Crippen molar-refractivity contribution in [2.45, 2.75) is 18.9 Å². The summed E-state index contributed by atoms with van der Waals surface area (Å²) in [7, 11) is 0. The number of aryl methyl sites for hydroxylation is 1. The number of rotatable bonds is 2. The molecule has 2 atom stereocenters.